The average molecular weight is 346 g/mol. The van der Waals surface area contributed by atoms with Crippen LogP contribution in [0.15, 0.2) is 18.2 Å². The Morgan fingerprint density at radius 1 is 1.20 bits per heavy atom. The van der Waals surface area contributed by atoms with Crippen LogP contribution < -0.4 is 5.32 Å². The van der Waals surface area contributed by atoms with Crippen LogP contribution in [0.4, 0.5) is 10.5 Å². The van der Waals surface area contributed by atoms with Crippen molar-refractivity contribution in [3.8, 4) is 0 Å². The first kappa shape index (κ1) is 17.7. The van der Waals surface area contributed by atoms with Crippen molar-refractivity contribution < 1.29 is 19.1 Å². The van der Waals surface area contributed by atoms with E-state index in [-0.39, 0.29) is 12.0 Å². The number of benzene rings is 1. The molecule has 0 saturated carbocycles. The number of amides is 1. The first-order valence-electron chi connectivity index (χ1n) is 8.76. The molecule has 0 radical (unpaired) electrons. The molecular formula is C19H26N2O4. The Bertz CT molecular complexity index is 655. The second kappa shape index (κ2) is 7.04. The number of hydrogen-bond acceptors (Lipinski definition) is 5. The van der Waals surface area contributed by atoms with Crippen molar-refractivity contribution in [1.29, 1.82) is 0 Å². The average Bonchev–Trinajstić information content (AvgIpc) is 2.81. The van der Waals surface area contributed by atoms with Crippen LogP contribution in [0.25, 0.3) is 0 Å². The fourth-order valence-corrected chi connectivity index (χ4v) is 4.27. The zero-order valence-corrected chi connectivity index (χ0v) is 15.2. The first-order chi connectivity index (χ1) is 11.9. The third-order valence-electron chi connectivity index (χ3n) is 5.65. The molecule has 6 heteroatoms. The lowest BCUT2D eigenvalue weighted by Crippen LogP contribution is -2.53. The molecular weight excluding hydrogens is 320 g/mol. The third-order valence-corrected chi connectivity index (χ3v) is 5.65. The Hall–Kier alpha value is -2.08. The Kier molecular flexibility index (Phi) is 4.99. The van der Waals surface area contributed by atoms with Gasteiger partial charge in [0.2, 0.25) is 0 Å². The second-order valence-electron chi connectivity index (χ2n) is 7.08. The molecule has 2 aliphatic rings. The fraction of sp³-hybridized carbons (Fsp3) is 0.579. The van der Waals surface area contributed by atoms with E-state index in [0.29, 0.717) is 12.5 Å². The van der Waals surface area contributed by atoms with Gasteiger partial charge < -0.3 is 9.47 Å². The molecule has 3 rings (SSSR count). The number of anilines is 1. The lowest BCUT2D eigenvalue weighted by atomic mass is 9.87. The zero-order chi connectivity index (χ0) is 18.1. The van der Waals surface area contributed by atoms with Gasteiger partial charge in [-0.2, -0.15) is 0 Å². The number of aryl methyl sites for hydroxylation is 2. The number of carbonyl (C=O) groups excluding carboxylic acids is 2. The summed E-state index contributed by atoms with van der Waals surface area (Å²) in [7, 11) is 3.42. The second-order valence-corrected chi connectivity index (χ2v) is 7.08. The van der Waals surface area contributed by atoms with Gasteiger partial charge in [-0.05, 0) is 44.9 Å². The normalized spacial score (nSPS) is 28.5. The molecule has 0 aromatic heterocycles. The van der Waals surface area contributed by atoms with Gasteiger partial charge in [-0.25, -0.2) is 4.79 Å². The molecule has 2 aliphatic heterocycles. The molecule has 136 valence electrons. The van der Waals surface area contributed by atoms with E-state index in [2.05, 4.69) is 10.2 Å². The maximum atomic E-state index is 12.5. The van der Waals surface area contributed by atoms with E-state index in [4.69, 9.17) is 9.47 Å². The maximum absolute atomic E-state index is 12.5. The van der Waals surface area contributed by atoms with Crippen LogP contribution >= 0.6 is 0 Å². The highest BCUT2D eigenvalue weighted by molar-refractivity contribution is 5.87. The summed E-state index contributed by atoms with van der Waals surface area (Å²) in [6, 6.07) is 6.25. The Labute approximate surface area is 148 Å². The molecule has 1 aromatic rings. The van der Waals surface area contributed by atoms with E-state index < -0.39 is 18.1 Å². The molecule has 0 unspecified atom stereocenters. The van der Waals surface area contributed by atoms with Gasteiger partial charge in [0.1, 0.15) is 12.0 Å². The molecule has 2 fully saturated rings. The van der Waals surface area contributed by atoms with E-state index >= 15 is 0 Å². The highest BCUT2D eigenvalue weighted by atomic mass is 16.6. The van der Waals surface area contributed by atoms with Crippen LogP contribution in [0.3, 0.4) is 0 Å². The van der Waals surface area contributed by atoms with Gasteiger partial charge in [0.25, 0.3) is 0 Å². The number of piperidine rings is 1. The summed E-state index contributed by atoms with van der Waals surface area (Å²) in [4.78, 5) is 27.0. The lowest BCUT2D eigenvalue weighted by molar-refractivity contribution is -0.155. The third kappa shape index (κ3) is 3.35. The number of ether oxygens (including phenoxy) is 2. The van der Waals surface area contributed by atoms with Crippen LogP contribution in [0, 0.1) is 19.8 Å². The molecule has 2 bridgehead atoms. The number of hydrogen-bond donors (Lipinski definition) is 1. The maximum Gasteiger partial charge on any atom is 0.411 e. The molecule has 4 atom stereocenters. The van der Waals surface area contributed by atoms with Gasteiger partial charge in [-0.1, -0.05) is 18.2 Å². The zero-order valence-electron chi connectivity index (χ0n) is 15.2. The minimum atomic E-state index is -0.514. The molecule has 25 heavy (non-hydrogen) atoms. The van der Waals surface area contributed by atoms with Crippen molar-refractivity contribution in [3.05, 3.63) is 29.3 Å². The van der Waals surface area contributed by atoms with Crippen molar-refractivity contribution in [2.75, 3.05) is 19.5 Å². The Morgan fingerprint density at radius 3 is 2.52 bits per heavy atom. The molecule has 0 aliphatic carbocycles. The van der Waals surface area contributed by atoms with Crippen molar-refractivity contribution in [1.82, 2.24) is 4.90 Å². The van der Waals surface area contributed by atoms with Crippen molar-refractivity contribution in [3.63, 3.8) is 0 Å². The van der Waals surface area contributed by atoms with E-state index in [9.17, 15) is 9.59 Å². The van der Waals surface area contributed by atoms with E-state index in [1.165, 1.54) is 7.11 Å². The van der Waals surface area contributed by atoms with E-state index in [0.717, 1.165) is 29.7 Å². The highest BCUT2D eigenvalue weighted by Crippen LogP contribution is 2.40. The Morgan fingerprint density at radius 2 is 1.88 bits per heavy atom. The number of rotatable bonds is 3. The number of carbonyl (C=O) groups is 2. The van der Waals surface area contributed by atoms with Gasteiger partial charge in [0, 0.05) is 24.2 Å². The summed E-state index contributed by atoms with van der Waals surface area (Å²) in [5, 5.41) is 2.84. The van der Waals surface area contributed by atoms with Gasteiger partial charge in [0.15, 0.2) is 0 Å². The van der Waals surface area contributed by atoms with Crippen LogP contribution in [0.5, 0.6) is 0 Å². The number of fused-ring (bicyclic) bond motifs is 2. The van der Waals surface area contributed by atoms with E-state index in [1.807, 2.05) is 39.1 Å². The lowest BCUT2D eigenvalue weighted by Gasteiger charge is -2.40. The van der Waals surface area contributed by atoms with Gasteiger partial charge in [-0.3, -0.25) is 15.0 Å². The predicted molar refractivity (Wildman–Crippen MR) is 94.5 cm³/mol. The number of nitrogens with zero attached hydrogens (tertiary/aromatic N) is 1. The van der Waals surface area contributed by atoms with Crippen LogP contribution in [-0.2, 0) is 14.3 Å². The fourth-order valence-electron chi connectivity index (χ4n) is 4.27. The largest absolute Gasteiger partial charge is 0.469 e. The molecule has 0 spiro atoms. The Balaban J connectivity index is 1.74. The number of methoxy groups -OCH3 is 1. The van der Waals surface area contributed by atoms with Crippen LogP contribution in [0.1, 0.15) is 30.4 Å². The summed E-state index contributed by atoms with van der Waals surface area (Å²) in [5.41, 5.74) is 2.72. The highest BCUT2D eigenvalue weighted by Gasteiger charge is 2.51. The smallest absolute Gasteiger partial charge is 0.411 e. The summed E-state index contributed by atoms with van der Waals surface area (Å²) in [5.74, 6) is -0.737. The summed E-state index contributed by atoms with van der Waals surface area (Å²) in [6.45, 7) is 3.88. The molecule has 1 N–H and O–H groups in total. The molecule has 2 saturated heterocycles. The SMILES string of the molecule is COC(=O)[C@@H]1[C@@H](OC(=O)Nc2c(C)cccc2C)C[C@H]2CC[C@@H]1N2C. The minimum Gasteiger partial charge on any atom is -0.469 e. The quantitative estimate of drug-likeness (QED) is 0.853. The molecule has 6 nitrogen and oxygen atoms in total. The number of para-hydroxylation sites is 1. The van der Waals surface area contributed by atoms with Crippen molar-refractivity contribution in [2.45, 2.75) is 51.3 Å². The summed E-state index contributed by atoms with van der Waals surface area (Å²) in [6.07, 6.45) is 1.64. The summed E-state index contributed by atoms with van der Waals surface area (Å²) < 4.78 is 10.7. The first-order valence-corrected chi connectivity index (χ1v) is 8.76. The standard InChI is InChI=1S/C19H26N2O4/c1-11-6-5-7-12(2)17(11)20-19(23)25-15-10-13-8-9-14(21(13)3)16(15)18(22)24-4/h5-7,13-16H,8-10H2,1-4H3,(H,20,23)/t13-,14+,15+,16+/m1/s1. The monoisotopic (exact) mass is 346 g/mol. The van der Waals surface area contributed by atoms with Gasteiger partial charge in [-0.15, -0.1) is 0 Å². The molecule has 2 heterocycles. The van der Waals surface area contributed by atoms with Crippen molar-refractivity contribution in [2.24, 2.45) is 5.92 Å². The minimum absolute atomic E-state index is 0.0733. The van der Waals surface area contributed by atoms with Crippen molar-refractivity contribution >= 4 is 17.7 Å². The number of esters is 1. The summed E-state index contributed by atoms with van der Waals surface area (Å²) >= 11 is 0. The topological polar surface area (TPSA) is 67.9 Å². The molecule has 1 amide bonds. The van der Waals surface area contributed by atoms with Crippen LogP contribution in [0.2, 0.25) is 0 Å². The van der Waals surface area contributed by atoms with E-state index in [1.54, 1.807) is 0 Å². The number of nitrogens with one attached hydrogen (secondary N) is 1. The van der Waals surface area contributed by atoms with Gasteiger partial charge >= 0.3 is 12.1 Å². The predicted octanol–water partition coefficient (Wildman–Crippen LogP) is 2.88. The van der Waals surface area contributed by atoms with Gasteiger partial charge in [0.05, 0.1) is 7.11 Å². The van der Waals surface area contributed by atoms with Crippen LogP contribution in [-0.4, -0.2) is 49.3 Å². The molecule has 1 aromatic carbocycles.